The number of aromatic nitrogens is 1. The van der Waals surface area contributed by atoms with Crippen molar-refractivity contribution in [2.75, 3.05) is 10.6 Å². The first kappa shape index (κ1) is 27.1. The second-order valence-electron chi connectivity index (χ2n) is 8.00. The summed E-state index contributed by atoms with van der Waals surface area (Å²) in [7, 11) is 0. The van der Waals surface area contributed by atoms with Crippen molar-refractivity contribution < 1.29 is 14.4 Å². The van der Waals surface area contributed by atoms with Crippen LogP contribution in [0.4, 0.5) is 10.8 Å². The fourth-order valence-electron chi connectivity index (χ4n) is 3.27. The molecule has 1 aromatic heterocycles. The Morgan fingerprint density at radius 1 is 0.974 bits per heavy atom. The molecule has 1 unspecified atom stereocenters. The van der Waals surface area contributed by atoms with Crippen LogP contribution in [0.2, 0.25) is 5.02 Å². The zero-order valence-electron chi connectivity index (χ0n) is 20.2. The molecule has 38 heavy (non-hydrogen) atoms. The zero-order chi connectivity index (χ0) is 26.9. The van der Waals surface area contributed by atoms with Gasteiger partial charge in [-0.15, -0.1) is 23.1 Å². The fourth-order valence-corrected chi connectivity index (χ4v) is 4.87. The second-order valence-corrected chi connectivity index (χ2v) is 10.7. The van der Waals surface area contributed by atoms with Crippen molar-refractivity contribution in [2.45, 2.75) is 17.1 Å². The number of hydrogen-bond acceptors (Lipinski definition) is 6. The number of hydrogen-bond donors (Lipinski definition) is 3. The van der Waals surface area contributed by atoms with Gasteiger partial charge in [-0.1, -0.05) is 41.9 Å². The van der Waals surface area contributed by atoms with Crippen LogP contribution in [0.15, 0.2) is 101 Å². The second kappa shape index (κ2) is 13.0. The average molecular weight is 563 g/mol. The summed E-state index contributed by atoms with van der Waals surface area (Å²) in [4.78, 5) is 43.3. The van der Waals surface area contributed by atoms with E-state index in [0.29, 0.717) is 27.0 Å². The lowest BCUT2D eigenvalue weighted by atomic mass is 10.1. The van der Waals surface area contributed by atoms with Crippen molar-refractivity contribution in [3.8, 4) is 0 Å². The van der Waals surface area contributed by atoms with Crippen molar-refractivity contribution in [1.82, 2.24) is 10.3 Å². The number of carbonyl (C=O) groups is 3. The number of halogens is 1. The van der Waals surface area contributed by atoms with Gasteiger partial charge in [-0.05, 0) is 67.1 Å². The molecular weight excluding hydrogens is 540 g/mol. The molecule has 1 atom stereocenters. The predicted molar refractivity (Wildman–Crippen MR) is 154 cm³/mol. The number of rotatable bonds is 9. The van der Waals surface area contributed by atoms with E-state index in [2.05, 4.69) is 20.9 Å². The Bertz CT molecular complexity index is 1440. The van der Waals surface area contributed by atoms with Gasteiger partial charge in [0.2, 0.25) is 5.91 Å². The van der Waals surface area contributed by atoms with Gasteiger partial charge in [0.15, 0.2) is 5.13 Å². The topological polar surface area (TPSA) is 100 Å². The van der Waals surface area contributed by atoms with Crippen molar-refractivity contribution in [2.24, 2.45) is 0 Å². The predicted octanol–water partition coefficient (Wildman–Crippen LogP) is 6.33. The highest BCUT2D eigenvalue weighted by molar-refractivity contribution is 8.00. The third kappa shape index (κ3) is 7.79. The number of thiazole rings is 1. The summed E-state index contributed by atoms with van der Waals surface area (Å²) >= 11 is 8.84. The standard InChI is InChI=1S/C28H23ClN4O3S2/c1-18(25(34)33-28-30-14-15-37-28)38-23-12-10-22(11-13-23)31-27(36)24(17-19-6-5-9-21(29)16-19)32-26(35)20-7-3-2-4-8-20/h2-18H,1H3,(H,31,36)(H,32,35)(H,30,33,34)/b24-17-. The molecule has 7 nitrogen and oxygen atoms in total. The molecule has 192 valence electrons. The van der Waals surface area contributed by atoms with Crippen LogP contribution >= 0.6 is 34.7 Å². The lowest BCUT2D eigenvalue weighted by Gasteiger charge is -2.13. The molecule has 3 amide bonds. The minimum atomic E-state index is -0.495. The minimum absolute atomic E-state index is 0.0621. The Balaban J connectivity index is 1.44. The van der Waals surface area contributed by atoms with E-state index < -0.39 is 11.8 Å². The smallest absolute Gasteiger partial charge is 0.272 e. The molecule has 4 rings (SSSR count). The van der Waals surface area contributed by atoms with Gasteiger partial charge >= 0.3 is 0 Å². The molecule has 0 saturated carbocycles. The van der Waals surface area contributed by atoms with Gasteiger partial charge in [-0.2, -0.15) is 0 Å². The maximum absolute atomic E-state index is 13.2. The average Bonchev–Trinajstić information content (AvgIpc) is 3.43. The van der Waals surface area contributed by atoms with Gasteiger partial charge in [0.25, 0.3) is 11.8 Å². The minimum Gasteiger partial charge on any atom is -0.321 e. The molecule has 4 aromatic rings. The summed E-state index contributed by atoms with van der Waals surface area (Å²) in [6.45, 7) is 1.81. The van der Waals surface area contributed by atoms with Crippen molar-refractivity contribution in [3.63, 3.8) is 0 Å². The van der Waals surface area contributed by atoms with Crippen molar-refractivity contribution in [3.05, 3.63) is 112 Å². The molecule has 0 saturated heterocycles. The van der Waals surface area contributed by atoms with Gasteiger partial charge in [-0.25, -0.2) is 4.98 Å². The molecule has 0 bridgehead atoms. The highest BCUT2D eigenvalue weighted by Gasteiger charge is 2.17. The van der Waals surface area contributed by atoms with Gasteiger partial charge in [0.05, 0.1) is 5.25 Å². The number of nitrogens with zero attached hydrogens (tertiary/aromatic N) is 1. The molecule has 10 heteroatoms. The van der Waals surface area contributed by atoms with E-state index in [1.165, 1.54) is 23.1 Å². The SMILES string of the molecule is CC(Sc1ccc(NC(=O)/C(=C/c2cccc(Cl)c2)NC(=O)c2ccccc2)cc1)C(=O)Nc1nccs1. The molecule has 1 heterocycles. The molecule has 0 aliphatic heterocycles. The van der Waals surface area contributed by atoms with Gasteiger partial charge in [-0.3, -0.25) is 14.4 Å². The fraction of sp³-hybridized carbons (Fsp3) is 0.0714. The number of amides is 3. The molecule has 0 spiro atoms. The lowest BCUT2D eigenvalue weighted by molar-refractivity contribution is -0.115. The zero-order valence-corrected chi connectivity index (χ0v) is 22.6. The summed E-state index contributed by atoms with van der Waals surface area (Å²) < 4.78 is 0. The maximum Gasteiger partial charge on any atom is 0.272 e. The van der Waals surface area contributed by atoms with Gasteiger partial charge in [0.1, 0.15) is 5.70 Å². The quantitative estimate of drug-likeness (QED) is 0.164. The largest absolute Gasteiger partial charge is 0.321 e. The van der Waals surface area contributed by atoms with Crippen LogP contribution < -0.4 is 16.0 Å². The maximum atomic E-state index is 13.2. The molecule has 0 aliphatic carbocycles. The first-order valence-corrected chi connectivity index (χ1v) is 13.6. The van der Waals surface area contributed by atoms with E-state index in [1.807, 2.05) is 25.1 Å². The summed E-state index contributed by atoms with van der Waals surface area (Å²) in [6.07, 6.45) is 3.20. The van der Waals surface area contributed by atoms with Crippen molar-refractivity contribution in [1.29, 1.82) is 0 Å². The van der Waals surface area contributed by atoms with Crippen LogP contribution in [0.5, 0.6) is 0 Å². The number of nitrogens with one attached hydrogen (secondary N) is 3. The lowest BCUT2D eigenvalue weighted by Crippen LogP contribution is -2.30. The van der Waals surface area contributed by atoms with E-state index in [1.54, 1.807) is 78.3 Å². The summed E-state index contributed by atoms with van der Waals surface area (Å²) in [5.74, 6) is -1.05. The van der Waals surface area contributed by atoms with Crippen molar-refractivity contribution >= 4 is 69.3 Å². The summed E-state index contributed by atoms with van der Waals surface area (Å²) in [5.41, 5.74) is 1.68. The third-order valence-electron chi connectivity index (χ3n) is 5.15. The van der Waals surface area contributed by atoms with Gasteiger partial charge < -0.3 is 16.0 Å². The van der Waals surface area contributed by atoms with Crippen LogP contribution in [0.3, 0.4) is 0 Å². The summed E-state index contributed by atoms with van der Waals surface area (Å²) in [6, 6.07) is 22.7. The van der Waals surface area contributed by atoms with Crippen LogP contribution in [0.25, 0.3) is 6.08 Å². The highest BCUT2D eigenvalue weighted by Crippen LogP contribution is 2.26. The van der Waals surface area contributed by atoms with E-state index in [9.17, 15) is 14.4 Å². The normalized spacial score (nSPS) is 11.9. The number of anilines is 2. The molecular formula is C28H23ClN4O3S2. The molecule has 3 aromatic carbocycles. The number of carbonyl (C=O) groups excluding carboxylic acids is 3. The molecule has 0 radical (unpaired) electrons. The van der Waals surface area contributed by atoms with Crippen LogP contribution in [-0.2, 0) is 9.59 Å². The Morgan fingerprint density at radius 2 is 1.74 bits per heavy atom. The molecule has 0 aliphatic rings. The molecule has 3 N–H and O–H groups in total. The Hall–Kier alpha value is -3.92. The Kier molecular flexibility index (Phi) is 9.31. The van der Waals surface area contributed by atoms with Gasteiger partial charge in [0, 0.05) is 32.7 Å². The van der Waals surface area contributed by atoms with E-state index in [-0.39, 0.29) is 16.9 Å². The number of thioether (sulfide) groups is 1. The van der Waals surface area contributed by atoms with E-state index in [4.69, 9.17) is 11.6 Å². The van der Waals surface area contributed by atoms with Crippen LogP contribution in [-0.4, -0.2) is 28.0 Å². The van der Waals surface area contributed by atoms with Crippen LogP contribution in [0, 0.1) is 0 Å². The number of benzene rings is 3. The van der Waals surface area contributed by atoms with E-state index in [0.717, 1.165) is 4.90 Å². The Labute approximate surface area is 233 Å². The first-order chi connectivity index (χ1) is 18.4. The monoisotopic (exact) mass is 562 g/mol. The Morgan fingerprint density at radius 3 is 2.42 bits per heavy atom. The first-order valence-electron chi connectivity index (χ1n) is 11.5. The third-order valence-corrected chi connectivity index (χ3v) is 7.18. The van der Waals surface area contributed by atoms with E-state index >= 15 is 0 Å². The van der Waals surface area contributed by atoms with Crippen LogP contribution in [0.1, 0.15) is 22.8 Å². The summed E-state index contributed by atoms with van der Waals surface area (Å²) in [5, 5.41) is 10.8. The highest BCUT2D eigenvalue weighted by atomic mass is 35.5. The molecule has 0 fully saturated rings.